The second kappa shape index (κ2) is 5.04. The van der Waals surface area contributed by atoms with Crippen LogP contribution in [-0.4, -0.2) is 0 Å². The summed E-state index contributed by atoms with van der Waals surface area (Å²) in [7, 11) is 0. The normalized spacial score (nSPS) is 18.0. The van der Waals surface area contributed by atoms with Crippen molar-refractivity contribution in [3.05, 3.63) is 84.0 Å². The van der Waals surface area contributed by atoms with E-state index in [1.165, 1.54) is 28.7 Å². The van der Waals surface area contributed by atoms with Crippen LogP contribution in [0.2, 0.25) is 0 Å². The van der Waals surface area contributed by atoms with Gasteiger partial charge in [0.15, 0.2) is 0 Å². The van der Waals surface area contributed by atoms with Gasteiger partial charge in [-0.3, -0.25) is 0 Å². The summed E-state index contributed by atoms with van der Waals surface area (Å²) in [5.41, 5.74) is 5.89. The molecule has 0 heterocycles. The molecular weight excluding hydrogens is 252 g/mol. The molecule has 1 unspecified atom stereocenters. The van der Waals surface area contributed by atoms with E-state index in [-0.39, 0.29) is 0 Å². The number of benzene rings is 2. The van der Waals surface area contributed by atoms with Gasteiger partial charge in [-0.2, -0.15) is 0 Å². The Morgan fingerprint density at radius 3 is 1.86 bits per heavy atom. The topological polar surface area (TPSA) is 0 Å². The van der Waals surface area contributed by atoms with E-state index in [1.54, 1.807) is 0 Å². The average molecular weight is 272 g/mol. The molecule has 0 aromatic heterocycles. The predicted molar refractivity (Wildman–Crippen MR) is 89.3 cm³/mol. The van der Waals surface area contributed by atoms with Crippen LogP contribution in [0.15, 0.2) is 72.8 Å². The molecule has 2 aromatic rings. The zero-order chi connectivity index (χ0) is 14.2. The van der Waals surface area contributed by atoms with Gasteiger partial charge in [0.25, 0.3) is 0 Å². The molecule has 0 nitrogen and oxygen atoms in total. The quantitative estimate of drug-likeness (QED) is 0.685. The van der Waals surface area contributed by atoms with Crippen LogP contribution >= 0.6 is 0 Å². The maximum atomic E-state index is 2.36. The summed E-state index contributed by atoms with van der Waals surface area (Å²) in [6, 6.07) is 17.9. The number of rotatable bonds is 3. The summed E-state index contributed by atoms with van der Waals surface area (Å²) in [5, 5.41) is 0. The van der Waals surface area contributed by atoms with Gasteiger partial charge in [0.1, 0.15) is 0 Å². The fourth-order valence-electron chi connectivity index (χ4n) is 4.12. The lowest BCUT2D eigenvalue weighted by atomic mass is 9.75. The second-order valence-corrected chi connectivity index (χ2v) is 6.07. The number of hydrogen-bond acceptors (Lipinski definition) is 0. The maximum Gasteiger partial charge on any atom is 0.0138 e. The number of allylic oxidation sites excluding steroid dienone is 4. The van der Waals surface area contributed by atoms with Gasteiger partial charge in [-0.25, -0.2) is 0 Å². The Balaban J connectivity index is 1.88. The molecule has 0 radical (unpaired) electrons. The van der Waals surface area contributed by atoms with Gasteiger partial charge < -0.3 is 0 Å². The highest BCUT2D eigenvalue weighted by Crippen LogP contribution is 2.51. The van der Waals surface area contributed by atoms with Gasteiger partial charge in [0.2, 0.25) is 0 Å². The summed E-state index contributed by atoms with van der Waals surface area (Å²) in [5.74, 6) is 1.74. The number of fused-ring (bicyclic) bond motifs is 3. The SMILES string of the molecule is CCC(C1C=CC=C1)C1c2ccccc2-c2ccccc21. The molecule has 1 atom stereocenters. The Kier molecular flexibility index (Phi) is 3.03. The molecule has 0 bridgehead atoms. The molecule has 2 aromatic carbocycles. The molecule has 104 valence electrons. The molecule has 2 aliphatic rings. The van der Waals surface area contributed by atoms with Crippen molar-refractivity contribution in [2.24, 2.45) is 11.8 Å². The molecule has 21 heavy (non-hydrogen) atoms. The smallest absolute Gasteiger partial charge is 0.0138 e. The molecular formula is C21H20. The van der Waals surface area contributed by atoms with Crippen LogP contribution in [0, 0.1) is 11.8 Å². The van der Waals surface area contributed by atoms with Gasteiger partial charge >= 0.3 is 0 Å². The molecule has 0 amide bonds. The molecule has 0 saturated carbocycles. The lowest BCUT2D eigenvalue weighted by Gasteiger charge is -2.28. The van der Waals surface area contributed by atoms with Crippen LogP contribution in [0.1, 0.15) is 30.4 Å². The van der Waals surface area contributed by atoms with E-state index >= 15 is 0 Å². The first-order valence-corrected chi connectivity index (χ1v) is 7.93. The Morgan fingerprint density at radius 2 is 1.33 bits per heavy atom. The zero-order valence-electron chi connectivity index (χ0n) is 12.4. The summed E-state index contributed by atoms with van der Waals surface area (Å²) < 4.78 is 0. The van der Waals surface area contributed by atoms with Gasteiger partial charge in [-0.05, 0) is 34.1 Å². The first-order valence-electron chi connectivity index (χ1n) is 7.93. The largest absolute Gasteiger partial charge is 0.0773 e. The Hall–Kier alpha value is -2.08. The van der Waals surface area contributed by atoms with Crippen LogP contribution in [-0.2, 0) is 0 Å². The third kappa shape index (κ3) is 1.90. The summed E-state index contributed by atoms with van der Waals surface area (Å²) in [6.45, 7) is 2.33. The van der Waals surface area contributed by atoms with Gasteiger partial charge in [-0.15, -0.1) is 0 Å². The lowest BCUT2D eigenvalue weighted by Crippen LogP contribution is -2.18. The minimum Gasteiger partial charge on any atom is -0.0773 e. The lowest BCUT2D eigenvalue weighted by molar-refractivity contribution is 0.398. The fraction of sp³-hybridized carbons (Fsp3) is 0.238. The van der Waals surface area contributed by atoms with E-state index in [9.17, 15) is 0 Å². The van der Waals surface area contributed by atoms with Gasteiger partial charge in [-0.1, -0.05) is 86.2 Å². The second-order valence-electron chi connectivity index (χ2n) is 6.07. The molecule has 4 rings (SSSR count). The molecule has 2 aliphatic carbocycles. The maximum absolute atomic E-state index is 2.36. The molecule has 0 fully saturated rings. The van der Waals surface area contributed by atoms with Crippen molar-refractivity contribution in [2.75, 3.05) is 0 Å². The monoisotopic (exact) mass is 272 g/mol. The van der Waals surface area contributed by atoms with Crippen molar-refractivity contribution < 1.29 is 0 Å². The minimum atomic E-state index is 0.528. The Morgan fingerprint density at radius 1 is 0.810 bits per heavy atom. The predicted octanol–water partition coefficient (Wildman–Crippen LogP) is 5.57. The van der Waals surface area contributed by atoms with Crippen molar-refractivity contribution >= 4 is 0 Å². The van der Waals surface area contributed by atoms with E-state index in [0.717, 1.165) is 0 Å². The van der Waals surface area contributed by atoms with Crippen molar-refractivity contribution in [2.45, 2.75) is 19.3 Å². The van der Waals surface area contributed by atoms with Crippen LogP contribution < -0.4 is 0 Å². The van der Waals surface area contributed by atoms with Crippen molar-refractivity contribution in [3.63, 3.8) is 0 Å². The average Bonchev–Trinajstić information content (AvgIpc) is 3.16. The summed E-state index contributed by atoms with van der Waals surface area (Å²) >= 11 is 0. The van der Waals surface area contributed by atoms with E-state index in [2.05, 4.69) is 79.8 Å². The highest BCUT2D eigenvalue weighted by molar-refractivity contribution is 5.78. The van der Waals surface area contributed by atoms with Crippen LogP contribution in [0.25, 0.3) is 11.1 Å². The highest BCUT2D eigenvalue weighted by Gasteiger charge is 2.35. The first-order chi connectivity index (χ1) is 10.4. The zero-order valence-corrected chi connectivity index (χ0v) is 12.4. The summed E-state index contributed by atoms with van der Waals surface area (Å²) in [6.07, 6.45) is 10.3. The molecule has 0 aliphatic heterocycles. The van der Waals surface area contributed by atoms with Crippen LogP contribution in [0.5, 0.6) is 0 Å². The molecule has 0 saturated heterocycles. The van der Waals surface area contributed by atoms with Crippen molar-refractivity contribution in [1.82, 2.24) is 0 Å². The third-order valence-corrected chi connectivity index (χ3v) is 5.05. The van der Waals surface area contributed by atoms with Gasteiger partial charge in [0.05, 0.1) is 0 Å². The summed E-state index contributed by atoms with van der Waals surface area (Å²) in [4.78, 5) is 0. The van der Waals surface area contributed by atoms with Crippen molar-refractivity contribution in [3.8, 4) is 11.1 Å². The van der Waals surface area contributed by atoms with Crippen molar-refractivity contribution in [1.29, 1.82) is 0 Å². The Bertz CT molecular complexity index is 663. The Labute approximate surface area is 126 Å². The molecule has 0 spiro atoms. The van der Waals surface area contributed by atoms with E-state index in [0.29, 0.717) is 17.8 Å². The fourth-order valence-corrected chi connectivity index (χ4v) is 4.12. The van der Waals surface area contributed by atoms with E-state index < -0.39 is 0 Å². The standard InChI is InChI=1S/C21H20/c1-2-16(15-9-3-4-10-15)21-19-13-7-5-11-17(19)18-12-6-8-14-20(18)21/h3-16,21H,2H2,1H3. The number of hydrogen-bond donors (Lipinski definition) is 0. The molecule has 0 heteroatoms. The minimum absolute atomic E-state index is 0.528. The van der Waals surface area contributed by atoms with Gasteiger partial charge in [0, 0.05) is 5.92 Å². The van der Waals surface area contributed by atoms with E-state index in [4.69, 9.17) is 0 Å². The van der Waals surface area contributed by atoms with Crippen LogP contribution in [0.4, 0.5) is 0 Å². The van der Waals surface area contributed by atoms with Crippen LogP contribution in [0.3, 0.4) is 0 Å². The third-order valence-electron chi connectivity index (χ3n) is 5.05. The highest BCUT2D eigenvalue weighted by atomic mass is 14.4. The molecule has 0 N–H and O–H groups in total. The first kappa shape index (κ1) is 12.6. The van der Waals surface area contributed by atoms with E-state index in [1.807, 2.05) is 0 Å².